The minimum Gasteiger partial charge on any atom is -0.326 e. The maximum Gasteiger partial charge on any atom is 0.257 e. The first kappa shape index (κ1) is 21.3. The third-order valence-corrected chi connectivity index (χ3v) is 5.35. The summed E-state index contributed by atoms with van der Waals surface area (Å²) >= 11 is 0. The Labute approximate surface area is 178 Å². The van der Waals surface area contributed by atoms with Gasteiger partial charge in [-0.25, -0.2) is 4.99 Å². The van der Waals surface area contributed by atoms with Crippen molar-refractivity contribution in [1.82, 2.24) is 15.1 Å². The number of carbonyl (C=O) groups excluding carboxylic acids is 1. The summed E-state index contributed by atoms with van der Waals surface area (Å²) in [6.45, 7) is 11.5. The Morgan fingerprint density at radius 1 is 1.03 bits per heavy atom. The third kappa shape index (κ3) is 4.76. The van der Waals surface area contributed by atoms with Crippen molar-refractivity contribution in [3.63, 3.8) is 0 Å². The summed E-state index contributed by atoms with van der Waals surface area (Å²) in [5, 5.41) is 10.8. The Morgan fingerprint density at radius 3 is 2.43 bits per heavy atom. The summed E-state index contributed by atoms with van der Waals surface area (Å²) in [5.41, 5.74) is 6.91. The fourth-order valence-corrected chi connectivity index (χ4v) is 3.32. The molecule has 3 rings (SSSR count). The van der Waals surface area contributed by atoms with Gasteiger partial charge in [-0.3, -0.25) is 14.8 Å². The summed E-state index contributed by atoms with van der Waals surface area (Å²) < 4.78 is 1.97. The standard InChI is InChI=1S/C24H29N5O/c1-6-29-19(5)21(18(4)28-29)15-25-24(26-22-14-10-11-16(2)17(22)3)27-23(30)20-12-8-7-9-13-20/h7-14H,6,15H2,1-5H3,(H2,25,26,27,30). The van der Waals surface area contributed by atoms with Crippen molar-refractivity contribution < 1.29 is 4.79 Å². The van der Waals surface area contributed by atoms with Gasteiger partial charge in [-0.2, -0.15) is 5.10 Å². The van der Waals surface area contributed by atoms with Crippen LogP contribution in [0.1, 0.15) is 45.4 Å². The van der Waals surface area contributed by atoms with Crippen molar-refractivity contribution in [3.05, 3.63) is 82.2 Å². The van der Waals surface area contributed by atoms with Gasteiger partial charge in [-0.1, -0.05) is 30.3 Å². The zero-order valence-corrected chi connectivity index (χ0v) is 18.3. The lowest BCUT2D eigenvalue weighted by molar-refractivity contribution is 0.0977. The number of nitrogens with zero attached hydrogens (tertiary/aromatic N) is 3. The Hall–Kier alpha value is -3.41. The molecule has 1 heterocycles. The van der Waals surface area contributed by atoms with Crippen molar-refractivity contribution in [2.24, 2.45) is 4.99 Å². The number of aromatic nitrogens is 2. The highest BCUT2D eigenvalue weighted by Crippen LogP contribution is 2.19. The lowest BCUT2D eigenvalue weighted by Gasteiger charge is -2.15. The van der Waals surface area contributed by atoms with Crippen LogP contribution >= 0.6 is 0 Å². The second-order valence-corrected chi connectivity index (χ2v) is 7.32. The highest BCUT2D eigenvalue weighted by Gasteiger charge is 2.13. The molecule has 0 bridgehead atoms. The smallest absolute Gasteiger partial charge is 0.257 e. The van der Waals surface area contributed by atoms with E-state index in [1.54, 1.807) is 12.1 Å². The molecular weight excluding hydrogens is 374 g/mol. The first-order valence-corrected chi connectivity index (χ1v) is 10.2. The molecule has 2 N–H and O–H groups in total. The van der Waals surface area contributed by atoms with Gasteiger partial charge in [0.25, 0.3) is 5.91 Å². The molecule has 0 aliphatic heterocycles. The van der Waals surface area contributed by atoms with Crippen LogP contribution in [-0.4, -0.2) is 21.6 Å². The number of anilines is 1. The van der Waals surface area contributed by atoms with Crippen molar-refractivity contribution >= 4 is 17.6 Å². The van der Waals surface area contributed by atoms with Crippen LogP contribution in [0.3, 0.4) is 0 Å². The van der Waals surface area contributed by atoms with E-state index in [9.17, 15) is 4.79 Å². The van der Waals surface area contributed by atoms with E-state index in [4.69, 9.17) is 4.99 Å². The summed E-state index contributed by atoms with van der Waals surface area (Å²) in [5.74, 6) is 0.213. The van der Waals surface area contributed by atoms with Crippen LogP contribution in [0, 0.1) is 27.7 Å². The number of hydrogen-bond acceptors (Lipinski definition) is 3. The van der Waals surface area contributed by atoms with E-state index in [1.165, 1.54) is 5.56 Å². The summed E-state index contributed by atoms with van der Waals surface area (Å²) in [7, 11) is 0. The molecule has 6 heteroatoms. The maximum atomic E-state index is 12.7. The second kappa shape index (κ2) is 9.39. The topological polar surface area (TPSA) is 71.3 Å². The van der Waals surface area contributed by atoms with E-state index in [-0.39, 0.29) is 5.91 Å². The van der Waals surface area contributed by atoms with Gasteiger partial charge in [0.2, 0.25) is 5.96 Å². The molecule has 0 aliphatic carbocycles. The van der Waals surface area contributed by atoms with Crippen LogP contribution in [0.4, 0.5) is 5.69 Å². The third-order valence-electron chi connectivity index (χ3n) is 5.35. The monoisotopic (exact) mass is 403 g/mol. The molecule has 0 fully saturated rings. The zero-order chi connectivity index (χ0) is 21.7. The molecule has 0 spiro atoms. The van der Waals surface area contributed by atoms with Crippen LogP contribution in [0.5, 0.6) is 0 Å². The number of aryl methyl sites for hydroxylation is 3. The molecule has 1 aromatic heterocycles. The van der Waals surface area contributed by atoms with Crippen LogP contribution in [0.25, 0.3) is 0 Å². The molecule has 6 nitrogen and oxygen atoms in total. The summed E-state index contributed by atoms with van der Waals surface area (Å²) in [4.78, 5) is 17.5. The van der Waals surface area contributed by atoms with Gasteiger partial charge in [0.05, 0.1) is 12.2 Å². The van der Waals surface area contributed by atoms with Crippen LogP contribution in [0.15, 0.2) is 53.5 Å². The minimum atomic E-state index is -0.204. The van der Waals surface area contributed by atoms with E-state index in [0.29, 0.717) is 18.1 Å². The van der Waals surface area contributed by atoms with Gasteiger partial charge in [0.15, 0.2) is 0 Å². The van der Waals surface area contributed by atoms with Crippen LogP contribution in [-0.2, 0) is 13.1 Å². The molecular formula is C24H29N5O. The van der Waals surface area contributed by atoms with Crippen LogP contribution < -0.4 is 10.6 Å². The molecule has 0 atom stereocenters. The number of amides is 1. The molecule has 1 amide bonds. The Morgan fingerprint density at radius 2 is 1.77 bits per heavy atom. The normalized spacial score (nSPS) is 11.4. The molecule has 156 valence electrons. The predicted octanol–water partition coefficient (Wildman–Crippen LogP) is 4.53. The van der Waals surface area contributed by atoms with Gasteiger partial charge in [0, 0.05) is 29.1 Å². The quantitative estimate of drug-likeness (QED) is 0.485. The summed E-state index contributed by atoms with van der Waals surface area (Å²) in [6, 6.07) is 15.2. The van der Waals surface area contributed by atoms with Crippen molar-refractivity contribution in [2.75, 3.05) is 5.32 Å². The van der Waals surface area contributed by atoms with Crippen molar-refractivity contribution in [1.29, 1.82) is 0 Å². The predicted molar refractivity (Wildman–Crippen MR) is 122 cm³/mol. The van der Waals surface area contributed by atoms with Crippen molar-refractivity contribution in [3.8, 4) is 0 Å². The van der Waals surface area contributed by atoms with Gasteiger partial charge < -0.3 is 5.32 Å². The lowest BCUT2D eigenvalue weighted by atomic mass is 10.1. The SMILES string of the molecule is CCn1nc(C)c(CN=C(NC(=O)c2ccccc2)Nc2cccc(C)c2C)c1C. The number of carbonyl (C=O) groups is 1. The molecule has 3 aromatic rings. The first-order valence-electron chi connectivity index (χ1n) is 10.2. The zero-order valence-electron chi connectivity index (χ0n) is 18.3. The van der Waals surface area contributed by atoms with E-state index < -0.39 is 0 Å². The average Bonchev–Trinajstić information content (AvgIpc) is 3.02. The Kier molecular flexibility index (Phi) is 6.67. The Balaban J connectivity index is 1.90. The summed E-state index contributed by atoms with van der Waals surface area (Å²) in [6.07, 6.45) is 0. The van der Waals surface area contributed by atoms with Crippen molar-refractivity contribution in [2.45, 2.75) is 47.7 Å². The molecule has 30 heavy (non-hydrogen) atoms. The van der Waals surface area contributed by atoms with Gasteiger partial charge in [-0.05, 0) is 63.9 Å². The van der Waals surface area contributed by atoms with Gasteiger partial charge in [-0.15, -0.1) is 0 Å². The second-order valence-electron chi connectivity index (χ2n) is 7.32. The first-order chi connectivity index (χ1) is 14.4. The fraction of sp³-hybridized carbons (Fsp3) is 0.292. The van der Waals surface area contributed by atoms with E-state index in [2.05, 4.69) is 42.6 Å². The highest BCUT2D eigenvalue weighted by molar-refractivity contribution is 6.10. The molecule has 0 aliphatic rings. The lowest BCUT2D eigenvalue weighted by Crippen LogP contribution is -2.36. The van der Waals surface area contributed by atoms with E-state index in [1.807, 2.05) is 48.9 Å². The molecule has 2 aromatic carbocycles. The molecule has 0 saturated carbocycles. The maximum absolute atomic E-state index is 12.7. The van der Waals surface area contributed by atoms with E-state index >= 15 is 0 Å². The highest BCUT2D eigenvalue weighted by atomic mass is 16.1. The minimum absolute atomic E-state index is 0.204. The van der Waals surface area contributed by atoms with Crippen LogP contribution in [0.2, 0.25) is 0 Å². The number of nitrogens with one attached hydrogen (secondary N) is 2. The number of hydrogen-bond donors (Lipinski definition) is 2. The van der Waals surface area contributed by atoms with Gasteiger partial charge >= 0.3 is 0 Å². The average molecular weight is 404 g/mol. The fourth-order valence-electron chi connectivity index (χ4n) is 3.32. The molecule has 0 radical (unpaired) electrons. The van der Waals surface area contributed by atoms with E-state index in [0.717, 1.165) is 34.7 Å². The number of benzene rings is 2. The number of aliphatic imine (C=N–C) groups is 1. The number of guanidine groups is 1. The molecule has 0 unspecified atom stereocenters. The molecule has 0 saturated heterocycles. The largest absolute Gasteiger partial charge is 0.326 e. The number of rotatable bonds is 5. The Bertz CT molecular complexity index is 1070. The van der Waals surface area contributed by atoms with Gasteiger partial charge in [0.1, 0.15) is 0 Å².